The van der Waals surface area contributed by atoms with Crippen LogP contribution in [0.4, 0.5) is 0 Å². The SMILES string of the molecule is CNCCCN(C)S(=O)(=O)c1cc(C#N)ccc1C. The van der Waals surface area contributed by atoms with Gasteiger partial charge in [-0.2, -0.15) is 5.26 Å². The van der Waals surface area contributed by atoms with Crippen molar-refractivity contribution in [1.29, 1.82) is 5.26 Å². The number of nitrogens with zero attached hydrogens (tertiary/aromatic N) is 2. The Hall–Kier alpha value is -1.42. The second-order valence-corrected chi connectivity index (χ2v) is 6.39. The maximum Gasteiger partial charge on any atom is 0.243 e. The van der Waals surface area contributed by atoms with Gasteiger partial charge in [-0.15, -0.1) is 0 Å². The number of hydrogen-bond donors (Lipinski definition) is 1. The Kier molecular flexibility index (Phi) is 5.48. The van der Waals surface area contributed by atoms with E-state index in [4.69, 9.17) is 5.26 Å². The van der Waals surface area contributed by atoms with E-state index in [-0.39, 0.29) is 4.90 Å². The van der Waals surface area contributed by atoms with Crippen LogP contribution in [0.5, 0.6) is 0 Å². The van der Waals surface area contributed by atoms with Crippen molar-refractivity contribution >= 4 is 10.0 Å². The first-order valence-electron chi connectivity index (χ1n) is 6.05. The summed E-state index contributed by atoms with van der Waals surface area (Å²) in [4.78, 5) is 0.207. The van der Waals surface area contributed by atoms with Crippen LogP contribution in [0.1, 0.15) is 17.5 Å². The molecule has 1 N–H and O–H groups in total. The van der Waals surface area contributed by atoms with Crippen LogP contribution < -0.4 is 5.32 Å². The molecule has 1 aromatic rings. The monoisotopic (exact) mass is 281 g/mol. The van der Waals surface area contributed by atoms with Crippen molar-refractivity contribution < 1.29 is 8.42 Å². The third-order valence-electron chi connectivity index (χ3n) is 2.91. The van der Waals surface area contributed by atoms with Crippen LogP contribution >= 0.6 is 0 Å². The predicted molar refractivity (Wildman–Crippen MR) is 74.3 cm³/mol. The van der Waals surface area contributed by atoms with Crippen molar-refractivity contribution in [3.8, 4) is 6.07 Å². The lowest BCUT2D eigenvalue weighted by atomic mass is 10.2. The summed E-state index contributed by atoms with van der Waals surface area (Å²) in [6.07, 6.45) is 0.739. The molecule has 104 valence electrons. The van der Waals surface area contributed by atoms with E-state index in [2.05, 4.69) is 5.32 Å². The van der Waals surface area contributed by atoms with Crippen molar-refractivity contribution in [3.63, 3.8) is 0 Å². The zero-order valence-electron chi connectivity index (χ0n) is 11.5. The summed E-state index contributed by atoms with van der Waals surface area (Å²) in [5, 5.41) is 11.8. The number of rotatable bonds is 6. The zero-order valence-corrected chi connectivity index (χ0v) is 12.3. The molecule has 0 bridgehead atoms. The maximum atomic E-state index is 12.4. The summed E-state index contributed by atoms with van der Waals surface area (Å²) >= 11 is 0. The average Bonchev–Trinajstić information content (AvgIpc) is 2.39. The highest BCUT2D eigenvalue weighted by Crippen LogP contribution is 2.20. The zero-order chi connectivity index (χ0) is 14.5. The van der Waals surface area contributed by atoms with Gasteiger partial charge in [0, 0.05) is 13.6 Å². The van der Waals surface area contributed by atoms with Gasteiger partial charge in [-0.3, -0.25) is 0 Å². The van der Waals surface area contributed by atoms with E-state index >= 15 is 0 Å². The van der Waals surface area contributed by atoms with Crippen LogP contribution in [0.15, 0.2) is 23.1 Å². The highest BCUT2D eigenvalue weighted by atomic mass is 32.2. The first-order chi connectivity index (χ1) is 8.93. The molecule has 0 aromatic heterocycles. The molecule has 1 rings (SSSR count). The molecule has 0 saturated carbocycles. The van der Waals surface area contributed by atoms with E-state index < -0.39 is 10.0 Å². The third kappa shape index (κ3) is 3.77. The maximum absolute atomic E-state index is 12.4. The number of aryl methyl sites for hydroxylation is 1. The molecule has 0 amide bonds. The normalized spacial score (nSPS) is 11.5. The van der Waals surface area contributed by atoms with E-state index in [0.29, 0.717) is 17.7 Å². The highest BCUT2D eigenvalue weighted by molar-refractivity contribution is 7.89. The highest BCUT2D eigenvalue weighted by Gasteiger charge is 2.22. The lowest BCUT2D eigenvalue weighted by Crippen LogP contribution is -2.30. The third-order valence-corrected chi connectivity index (χ3v) is 4.90. The molecule has 0 radical (unpaired) electrons. The molecular weight excluding hydrogens is 262 g/mol. The van der Waals surface area contributed by atoms with E-state index in [1.165, 1.54) is 10.4 Å². The second kappa shape index (κ2) is 6.66. The molecule has 0 aliphatic carbocycles. The second-order valence-electron chi connectivity index (χ2n) is 4.38. The van der Waals surface area contributed by atoms with Gasteiger partial charge < -0.3 is 5.32 Å². The summed E-state index contributed by atoms with van der Waals surface area (Å²) in [6.45, 7) is 2.94. The Morgan fingerprint density at radius 3 is 2.68 bits per heavy atom. The van der Waals surface area contributed by atoms with Crippen LogP contribution in [0.25, 0.3) is 0 Å². The Labute approximate surface area is 114 Å². The largest absolute Gasteiger partial charge is 0.320 e. The minimum atomic E-state index is -3.53. The Morgan fingerprint density at radius 1 is 1.42 bits per heavy atom. The van der Waals surface area contributed by atoms with Gasteiger partial charge in [0.25, 0.3) is 0 Å². The van der Waals surface area contributed by atoms with Crippen molar-refractivity contribution in [2.75, 3.05) is 27.2 Å². The van der Waals surface area contributed by atoms with Crippen molar-refractivity contribution in [3.05, 3.63) is 29.3 Å². The van der Waals surface area contributed by atoms with Gasteiger partial charge >= 0.3 is 0 Å². The molecular formula is C13H19N3O2S. The smallest absolute Gasteiger partial charge is 0.243 e. The molecule has 0 fully saturated rings. The Bertz CT molecular complexity index is 576. The fourth-order valence-corrected chi connectivity index (χ4v) is 3.17. The molecule has 0 heterocycles. The van der Waals surface area contributed by atoms with Gasteiger partial charge in [0.15, 0.2) is 0 Å². The molecule has 0 saturated heterocycles. The molecule has 0 aliphatic heterocycles. The minimum absolute atomic E-state index is 0.207. The fraction of sp³-hybridized carbons (Fsp3) is 0.462. The van der Waals surface area contributed by atoms with Gasteiger partial charge in [0.05, 0.1) is 16.5 Å². The molecule has 0 atom stereocenters. The van der Waals surface area contributed by atoms with E-state index in [0.717, 1.165) is 13.0 Å². The lowest BCUT2D eigenvalue weighted by Gasteiger charge is -2.18. The predicted octanol–water partition coefficient (Wildman–Crippen LogP) is 1.10. The number of sulfonamides is 1. The van der Waals surface area contributed by atoms with Crippen LogP contribution in [0.3, 0.4) is 0 Å². The van der Waals surface area contributed by atoms with Crippen LogP contribution in [0.2, 0.25) is 0 Å². The first kappa shape index (κ1) is 15.6. The van der Waals surface area contributed by atoms with Gasteiger partial charge in [0.2, 0.25) is 10.0 Å². The topological polar surface area (TPSA) is 73.2 Å². The van der Waals surface area contributed by atoms with Crippen molar-refractivity contribution in [1.82, 2.24) is 9.62 Å². The summed E-state index contributed by atoms with van der Waals surface area (Å²) in [6, 6.07) is 6.67. The van der Waals surface area contributed by atoms with E-state index in [9.17, 15) is 8.42 Å². The van der Waals surface area contributed by atoms with Crippen LogP contribution in [0, 0.1) is 18.3 Å². The standard InChI is InChI=1S/C13H19N3O2S/c1-11-5-6-12(10-14)9-13(11)19(17,18)16(3)8-4-7-15-2/h5-6,9,15H,4,7-8H2,1-3H3. The molecule has 1 aromatic carbocycles. The molecule has 0 unspecified atom stereocenters. The number of nitriles is 1. The average molecular weight is 281 g/mol. The quantitative estimate of drug-likeness (QED) is 0.792. The van der Waals surface area contributed by atoms with Gasteiger partial charge in [-0.1, -0.05) is 6.07 Å². The van der Waals surface area contributed by atoms with Crippen LogP contribution in [-0.4, -0.2) is 39.9 Å². The lowest BCUT2D eigenvalue weighted by molar-refractivity contribution is 0.457. The molecule has 6 heteroatoms. The molecule has 0 spiro atoms. The summed E-state index contributed by atoms with van der Waals surface area (Å²) < 4.78 is 26.2. The minimum Gasteiger partial charge on any atom is -0.320 e. The fourth-order valence-electron chi connectivity index (χ4n) is 1.71. The van der Waals surface area contributed by atoms with Gasteiger partial charge in [0.1, 0.15) is 0 Å². The summed E-state index contributed by atoms with van der Waals surface area (Å²) in [5.74, 6) is 0. The molecule has 19 heavy (non-hydrogen) atoms. The number of benzene rings is 1. The van der Waals surface area contributed by atoms with E-state index in [1.807, 2.05) is 13.1 Å². The van der Waals surface area contributed by atoms with Crippen molar-refractivity contribution in [2.45, 2.75) is 18.2 Å². The Balaban J connectivity index is 3.03. The molecule has 0 aliphatic rings. The van der Waals surface area contributed by atoms with Gasteiger partial charge in [-0.05, 0) is 44.6 Å². The summed E-state index contributed by atoms with van der Waals surface area (Å²) in [7, 11) is -0.141. The summed E-state index contributed by atoms with van der Waals surface area (Å²) in [5.41, 5.74) is 1.01. The first-order valence-corrected chi connectivity index (χ1v) is 7.49. The number of nitrogens with one attached hydrogen (secondary N) is 1. The number of hydrogen-bond acceptors (Lipinski definition) is 4. The van der Waals surface area contributed by atoms with Crippen LogP contribution in [-0.2, 0) is 10.0 Å². The van der Waals surface area contributed by atoms with Gasteiger partial charge in [-0.25, -0.2) is 12.7 Å². The van der Waals surface area contributed by atoms with Crippen molar-refractivity contribution in [2.24, 2.45) is 0 Å². The van der Waals surface area contributed by atoms with E-state index in [1.54, 1.807) is 26.1 Å². The molecule has 5 nitrogen and oxygen atoms in total. The Morgan fingerprint density at radius 2 is 2.11 bits per heavy atom.